The number of rotatable bonds is 5. The lowest BCUT2D eigenvalue weighted by Gasteiger charge is -2.04. The third-order valence-corrected chi connectivity index (χ3v) is 5.26. The fraction of sp³-hybridized carbons (Fsp3) is 0.0476. The van der Waals surface area contributed by atoms with Gasteiger partial charge in [0, 0.05) is 34.4 Å². The monoisotopic (exact) mass is 401 g/mol. The number of nitrogens with zero attached hydrogens (tertiary/aromatic N) is 3. The standard InChI is InChI=1S/C21H15N5O2S/c27-19(12-29-21-24-20(25-26-21)13-7-9-22-10-8-13)23-14-5-6-18-16(11-14)15-3-1-2-4-17(15)28-18/h1-11H,12H2,(H,23,27)(H,24,25,26). The maximum absolute atomic E-state index is 12.4. The number of aromatic nitrogens is 4. The van der Waals surface area contributed by atoms with Crippen molar-refractivity contribution in [1.82, 2.24) is 20.2 Å². The molecule has 0 aliphatic carbocycles. The van der Waals surface area contributed by atoms with Gasteiger partial charge in [-0.25, -0.2) is 4.98 Å². The first kappa shape index (κ1) is 17.4. The number of hydrogen-bond acceptors (Lipinski definition) is 6. The number of fused-ring (bicyclic) bond motifs is 3. The van der Waals surface area contributed by atoms with E-state index < -0.39 is 0 Å². The predicted molar refractivity (Wildman–Crippen MR) is 113 cm³/mol. The van der Waals surface area contributed by atoms with Crippen molar-refractivity contribution in [2.24, 2.45) is 0 Å². The molecule has 0 saturated heterocycles. The number of carbonyl (C=O) groups is 1. The van der Waals surface area contributed by atoms with Crippen LogP contribution >= 0.6 is 11.8 Å². The summed E-state index contributed by atoms with van der Waals surface area (Å²) in [6.45, 7) is 0. The van der Waals surface area contributed by atoms with Crippen LogP contribution in [-0.2, 0) is 4.79 Å². The Hall–Kier alpha value is -3.65. The summed E-state index contributed by atoms with van der Waals surface area (Å²) < 4.78 is 5.82. The number of thioether (sulfide) groups is 1. The Kier molecular flexibility index (Phi) is 4.45. The van der Waals surface area contributed by atoms with E-state index in [2.05, 4.69) is 25.5 Å². The molecule has 0 atom stereocenters. The van der Waals surface area contributed by atoms with E-state index in [4.69, 9.17) is 4.42 Å². The van der Waals surface area contributed by atoms with Gasteiger partial charge in [-0.1, -0.05) is 30.0 Å². The molecule has 0 bridgehead atoms. The summed E-state index contributed by atoms with van der Waals surface area (Å²) in [4.78, 5) is 20.8. The molecule has 0 radical (unpaired) electrons. The van der Waals surface area contributed by atoms with Crippen LogP contribution in [0.2, 0.25) is 0 Å². The van der Waals surface area contributed by atoms with Crippen molar-refractivity contribution < 1.29 is 9.21 Å². The van der Waals surface area contributed by atoms with Crippen LogP contribution in [0.15, 0.2) is 76.6 Å². The second-order valence-electron chi connectivity index (χ2n) is 6.35. The second-order valence-corrected chi connectivity index (χ2v) is 7.29. The molecule has 1 amide bonds. The summed E-state index contributed by atoms with van der Waals surface area (Å²) in [6.07, 6.45) is 3.39. The van der Waals surface area contributed by atoms with E-state index in [0.717, 1.165) is 33.2 Å². The van der Waals surface area contributed by atoms with Crippen LogP contribution in [0.5, 0.6) is 0 Å². The van der Waals surface area contributed by atoms with E-state index in [1.54, 1.807) is 12.4 Å². The van der Waals surface area contributed by atoms with E-state index >= 15 is 0 Å². The first-order valence-electron chi connectivity index (χ1n) is 8.93. The lowest BCUT2D eigenvalue weighted by molar-refractivity contribution is -0.113. The Labute approximate surface area is 169 Å². The smallest absolute Gasteiger partial charge is 0.234 e. The van der Waals surface area contributed by atoms with E-state index in [1.165, 1.54) is 11.8 Å². The molecule has 5 rings (SSSR count). The first-order valence-corrected chi connectivity index (χ1v) is 9.91. The van der Waals surface area contributed by atoms with Crippen LogP contribution in [-0.4, -0.2) is 31.8 Å². The zero-order valence-corrected chi connectivity index (χ0v) is 15.9. The van der Waals surface area contributed by atoms with Crippen LogP contribution in [0.3, 0.4) is 0 Å². The molecule has 29 heavy (non-hydrogen) atoms. The van der Waals surface area contributed by atoms with Crippen molar-refractivity contribution in [3.05, 3.63) is 67.0 Å². The van der Waals surface area contributed by atoms with Crippen LogP contribution in [0.25, 0.3) is 33.3 Å². The maximum Gasteiger partial charge on any atom is 0.234 e. The van der Waals surface area contributed by atoms with Crippen molar-refractivity contribution in [3.63, 3.8) is 0 Å². The molecule has 8 heteroatoms. The van der Waals surface area contributed by atoms with Crippen LogP contribution in [0, 0.1) is 0 Å². The number of carbonyl (C=O) groups excluding carboxylic acids is 1. The average molecular weight is 401 g/mol. The third kappa shape index (κ3) is 3.57. The number of pyridine rings is 1. The Morgan fingerprint density at radius 2 is 1.86 bits per heavy atom. The summed E-state index contributed by atoms with van der Waals surface area (Å²) in [5, 5.41) is 12.5. The van der Waals surface area contributed by atoms with Gasteiger partial charge in [0.25, 0.3) is 0 Å². The van der Waals surface area contributed by atoms with E-state index in [-0.39, 0.29) is 11.7 Å². The SMILES string of the molecule is O=C(CSc1n[nH]c(-c2ccncc2)n1)Nc1ccc2oc3ccccc3c2c1. The highest BCUT2D eigenvalue weighted by Crippen LogP contribution is 2.30. The van der Waals surface area contributed by atoms with E-state index in [1.807, 2.05) is 54.6 Å². The van der Waals surface area contributed by atoms with Crippen molar-refractivity contribution in [3.8, 4) is 11.4 Å². The van der Waals surface area contributed by atoms with Gasteiger partial charge in [-0.05, 0) is 36.4 Å². The first-order chi connectivity index (χ1) is 14.3. The van der Waals surface area contributed by atoms with Gasteiger partial charge in [-0.15, -0.1) is 5.10 Å². The van der Waals surface area contributed by atoms with Crippen molar-refractivity contribution in [1.29, 1.82) is 0 Å². The summed E-state index contributed by atoms with van der Waals surface area (Å²) in [5.41, 5.74) is 3.24. The fourth-order valence-corrected chi connectivity index (χ4v) is 3.68. The Morgan fingerprint density at radius 3 is 2.76 bits per heavy atom. The van der Waals surface area contributed by atoms with Gasteiger partial charge in [0.1, 0.15) is 11.2 Å². The molecule has 2 N–H and O–H groups in total. The van der Waals surface area contributed by atoms with Gasteiger partial charge in [0.05, 0.1) is 5.75 Å². The summed E-state index contributed by atoms with van der Waals surface area (Å²) in [7, 11) is 0. The molecule has 0 spiro atoms. The molecule has 0 aliphatic rings. The number of H-pyrrole nitrogens is 1. The van der Waals surface area contributed by atoms with Crippen molar-refractivity contribution in [2.75, 3.05) is 11.1 Å². The van der Waals surface area contributed by atoms with Gasteiger partial charge in [-0.3, -0.25) is 14.9 Å². The highest BCUT2D eigenvalue weighted by atomic mass is 32.2. The molecule has 0 unspecified atom stereocenters. The highest BCUT2D eigenvalue weighted by Gasteiger charge is 2.11. The van der Waals surface area contributed by atoms with E-state index in [9.17, 15) is 4.79 Å². The van der Waals surface area contributed by atoms with Crippen LogP contribution < -0.4 is 5.32 Å². The summed E-state index contributed by atoms with van der Waals surface area (Å²) in [6, 6.07) is 17.2. The molecular formula is C21H15N5O2S. The minimum absolute atomic E-state index is 0.127. The molecule has 0 fully saturated rings. The summed E-state index contributed by atoms with van der Waals surface area (Å²) in [5.74, 6) is 0.725. The number of para-hydroxylation sites is 1. The Bertz CT molecular complexity index is 1310. The molecule has 3 aromatic heterocycles. The molecule has 0 aliphatic heterocycles. The van der Waals surface area contributed by atoms with Gasteiger partial charge in [0.15, 0.2) is 5.82 Å². The highest BCUT2D eigenvalue weighted by molar-refractivity contribution is 7.99. The number of aromatic amines is 1. The topological polar surface area (TPSA) is 96.7 Å². The second kappa shape index (κ2) is 7.40. The quantitative estimate of drug-likeness (QED) is 0.421. The Morgan fingerprint density at radius 1 is 1.03 bits per heavy atom. The number of anilines is 1. The zero-order chi connectivity index (χ0) is 19.6. The number of nitrogens with one attached hydrogen (secondary N) is 2. The molecular weight excluding hydrogens is 386 g/mol. The minimum Gasteiger partial charge on any atom is -0.456 e. The summed E-state index contributed by atoms with van der Waals surface area (Å²) >= 11 is 1.27. The molecule has 2 aromatic carbocycles. The maximum atomic E-state index is 12.4. The van der Waals surface area contributed by atoms with Gasteiger partial charge in [-0.2, -0.15) is 0 Å². The lowest BCUT2D eigenvalue weighted by Crippen LogP contribution is -2.14. The molecule has 0 saturated carbocycles. The van der Waals surface area contributed by atoms with E-state index in [0.29, 0.717) is 11.0 Å². The third-order valence-electron chi connectivity index (χ3n) is 4.41. The number of amides is 1. The fourth-order valence-electron chi connectivity index (χ4n) is 3.08. The Balaban J connectivity index is 1.26. The van der Waals surface area contributed by atoms with Crippen molar-refractivity contribution in [2.45, 2.75) is 5.16 Å². The lowest BCUT2D eigenvalue weighted by atomic mass is 10.1. The number of hydrogen-bond donors (Lipinski definition) is 2. The van der Waals surface area contributed by atoms with Gasteiger partial charge >= 0.3 is 0 Å². The zero-order valence-electron chi connectivity index (χ0n) is 15.1. The molecule has 7 nitrogen and oxygen atoms in total. The average Bonchev–Trinajstić information content (AvgIpc) is 3.37. The van der Waals surface area contributed by atoms with Gasteiger partial charge in [0.2, 0.25) is 11.1 Å². The normalized spacial score (nSPS) is 11.2. The largest absolute Gasteiger partial charge is 0.456 e. The number of furan rings is 1. The predicted octanol–water partition coefficient (Wildman–Crippen LogP) is 4.50. The molecule has 3 heterocycles. The van der Waals surface area contributed by atoms with Crippen LogP contribution in [0.4, 0.5) is 5.69 Å². The minimum atomic E-state index is -0.127. The van der Waals surface area contributed by atoms with Crippen molar-refractivity contribution >= 4 is 45.3 Å². The molecule has 142 valence electrons. The number of benzene rings is 2. The molecule has 5 aromatic rings. The van der Waals surface area contributed by atoms with Crippen LogP contribution in [0.1, 0.15) is 0 Å². The van der Waals surface area contributed by atoms with Gasteiger partial charge < -0.3 is 9.73 Å².